The second-order valence-corrected chi connectivity index (χ2v) is 11.9. The fourth-order valence-corrected chi connectivity index (χ4v) is 5.39. The highest BCUT2D eigenvalue weighted by Crippen LogP contribution is 2.39. The van der Waals surface area contributed by atoms with Crippen LogP contribution in [-0.4, -0.2) is 68.1 Å². The van der Waals surface area contributed by atoms with E-state index in [0.717, 1.165) is 11.1 Å². The van der Waals surface area contributed by atoms with E-state index in [1.54, 1.807) is 38.1 Å². The van der Waals surface area contributed by atoms with E-state index in [2.05, 4.69) is 0 Å². The molecule has 1 heterocycles. The number of ether oxygens (including phenoxy) is 4. The van der Waals surface area contributed by atoms with Crippen LogP contribution in [0.4, 0.5) is 0 Å². The summed E-state index contributed by atoms with van der Waals surface area (Å²) in [6.45, 7) is 5.79. The molecule has 0 N–H and O–H groups in total. The first-order valence-corrected chi connectivity index (χ1v) is 13.9. The molecule has 0 bridgehead atoms. The standard InChI is InChI=1S/C24H32O10S2/c1-17-7-11-19(12-8-17)35(25,26)31-15-21-22(34-24(4,30-6)23(3,29-5)33-21)16-32-36(27,28)20-13-9-18(2)10-14-20/h7-14,21-22H,15-16H2,1-6H3/t21-,22+,23-,24+. The van der Waals surface area contributed by atoms with E-state index in [4.69, 9.17) is 27.3 Å². The largest absolute Gasteiger partial charge is 0.349 e. The Kier molecular flexibility index (Phi) is 8.63. The zero-order valence-electron chi connectivity index (χ0n) is 21.1. The highest BCUT2D eigenvalue weighted by molar-refractivity contribution is 7.87. The van der Waals surface area contributed by atoms with Gasteiger partial charge in [0.15, 0.2) is 0 Å². The molecule has 2 aromatic carbocycles. The lowest BCUT2D eigenvalue weighted by Crippen LogP contribution is -2.66. The molecule has 2 aromatic rings. The molecule has 1 aliphatic heterocycles. The Hall–Kier alpha value is -1.90. The maximum absolute atomic E-state index is 12.7. The van der Waals surface area contributed by atoms with Crippen molar-refractivity contribution in [3.63, 3.8) is 0 Å². The molecule has 10 nitrogen and oxygen atoms in total. The van der Waals surface area contributed by atoms with Gasteiger partial charge in [0.1, 0.15) is 12.2 Å². The molecule has 0 radical (unpaired) electrons. The summed E-state index contributed by atoms with van der Waals surface area (Å²) in [4.78, 5) is -0.0633. The Labute approximate surface area is 212 Å². The van der Waals surface area contributed by atoms with Crippen LogP contribution in [0.3, 0.4) is 0 Å². The lowest BCUT2D eigenvalue weighted by molar-refractivity contribution is -0.450. The predicted molar refractivity (Wildman–Crippen MR) is 129 cm³/mol. The third kappa shape index (κ3) is 6.14. The third-order valence-electron chi connectivity index (χ3n) is 6.17. The summed E-state index contributed by atoms with van der Waals surface area (Å²) in [6, 6.07) is 12.3. The highest BCUT2D eigenvalue weighted by atomic mass is 32.2. The normalized spacial score (nSPS) is 27.2. The maximum atomic E-state index is 12.7. The van der Waals surface area contributed by atoms with Crippen molar-refractivity contribution < 1.29 is 44.1 Å². The van der Waals surface area contributed by atoms with Crippen molar-refractivity contribution in [1.29, 1.82) is 0 Å². The molecule has 1 saturated heterocycles. The quantitative estimate of drug-likeness (QED) is 0.412. The summed E-state index contributed by atoms with van der Waals surface area (Å²) < 4.78 is 84.5. The smallest absolute Gasteiger partial charge is 0.297 e. The average molecular weight is 545 g/mol. The van der Waals surface area contributed by atoms with Gasteiger partial charge in [-0.1, -0.05) is 35.4 Å². The summed E-state index contributed by atoms with van der Waals surface area (Å²) in [5.74, 6) is -2.95. The molecule has 12 heteroatoms. The number of rotatable bonds is 10. The Morgan fingerprint density at radius 2 is 0.972 bits per heavy atom. The van der Waals surface area contributed by atoms with Crippen LogP contribution in [0, 0.1) is 13.8 Å². The first kappa shape index (κ1) is 28.7. The monoisotopic (exact) mass is 544 g/mol. The molecule has 0 spiro atoms. The van der Waals surface area contributed by atoms with Crippen molar-refractivity contribution in [2.75, 3.05) is 27.4 Å². The molecule has 0 unspecified atom stereocenters. The average Bonchev–Trinajstić information content (AvgIpc) is 2.84. The second kappa shape index (κ2) is 10.8. The van der Waals surface area contributed by atoms with Crippen molar-refractivity contribution in [3.05, 3.63) is 59.7 Å². The molecule has 0 aromatic heterocycles. The summed E-state index contributed by atoms with van der Waals surface area (Å²) in [6.07, 6.45) is -2.18. The first-order chi connectivity index (χ1) is 16.7. The van der Waals surface area contributed by atoms with E-state index in [9.17, 15) is 16.8 Å². The van der Waals surface area contributed by atoms with Gasteiger partial charge in [0.05, 0.1) is 23.0 Å². The van der Waals surface area contributed by atoms with Crippen LogP contribution in [0.25, 0.3) is 0 Å². The lowest BCUT2D eigenvalue weighted by atomic mass is 10.0. The van der Waals surface area contributed by atoms with Gasteiger partial charge in [0.2, 0.25) is 11.6 Å². The van der Waals surface area contributed by atoms with Gasteiger partial charge in [-0.05, 0) is 52.0 Å². The van der Waals surface area contributed by atoms with E-state index in [1.807, 2.05) is 13.8 Å². The number of methoxy groups -OCH3 is 2. The SMILES string of the molecule is CO[C@@]1(C)O[C@@H](COS(=O)(=O)c2ccc(C)cc2)[C@@H](COS(=O)(=O)c2ccc(C)cc2)O[C@@]1(C)OC. The van der Waals surface area contributed by atoms with Crippen LogP contribution in [0.1, 0.15) is 25.0 Å². The minimum atomic E-state index is -4.14. The number of hydrogen-bond acceptors (Lipinski definition) is 10. The summed E-state index contributed by atoms with van der Waals surface area (Å²) in [5.41, 5.74) is 1.78. The molecule has 36 heavy (non-hydrogen) atoms. The van der Waals surface area contributed by atoms with E-state index < -0.39 is 57.2 Å². The minimum absolute atomic E-state index is 0.0317. The molecule has 0 amide bonds. The van der Waals surface area contributed by atoms with Gasteiger partial charge in [-0.3, -0.25) is 8.37 Å². The van der Waals surface area contributed by atoms with Crippen LogP contribution < -0.4 is 0 Å². The van der Waals surface area contributed by atoms with Gasteiger partial charge in [0, 0.05) is 14.2 Å². The van der Waals surface area contributed by atoms with Crippen molar-refractivity contribution in [2.24, 2.45) is 0 Å². The predicted octanol–water partition coefficient (Wildman–Crippen LogP) is 2.92. The number of hydrogen-bond donors (Lipinski definition) is 0. The fourth-order valence-electron chi connectivity index (χ4n) is 3.55. The maximum Gasteiger partial charge on any atom is 0.297 e. The van der Waals surface area contributed by atoms with Gasteiger partial charge >= 0.3 is 0 Å². The van der Waals surface area contributed by atoms with Crippen molar-refractivity contribution >= 4 is 20.2 Å². The fraction of sp³-hybridized carbons (Fsp3) is 0.500. The van der Waals surface area contributed by atoms with Crippen LogP contribution in [0.5, 0.6) is 0 Å². The number of aryl methyl sites for hydroxylation is 2. The molecular weight excluding hydrogens is 512 g/mol. The molecule has 1 aliphatic rings. The molecule has 200 valence electrons. The van der Waals surface area contributed by atoms with Crippen molar-refractivity contribution in [2.45, 2.75) is 61.3 Å². The Morgan fingerprint density at radius 1 is 0.667 bits per heavy atom. The van der Waals surface area contributed by atoms with Gasteiger partial charge in [-0.2, -0.15) is 16.8 Å². The van der Waals surface area contributed by atoms with E-state index >= 15 is 0 Å². The lowest BCUT2D eigenvalue weighted by Gasteiger charge is -2.51. The van der Waals surface area contributed by atoms with Crippen LogP contribution >= 0.6 is 0 Å². The topological polar surface area (TPSA) is 124 Å². The highest BCUT2D eigenvalue weighted by Gasteiger charge is 2.57. The third-order valence-corrected chi connectivity index (χ3v) is 8.76. The van der Waals surface area contributed by atoms with E-state index in [0.29, 0.717) is 0 Å². The van der Waals surface area contributed by atoms with Crippen molar-refractivity contribution in [3.8, 4) is 0 Å². The Bertz CT molecular complexity index is 1140. The minimum Gasteiger partial charge on any atom is -0.349 e. The second-order valence-electron chi connectivity index (χ2n) is 8.72. The Balaban J connectivity index is 1.83. The zero-order valence-corrected chi connectivity index (χ0v) is 22.7. The van der Waals surface area contributed by atoms with Gasteiger partial charge in [-0.15, -0.1) is 0 Å². The van der Waals surface area contributed by atoms with Gasteiger partial charge in [-0.25, -0.2) is 0 Å². The molecule has 3 rings (SSSR count). The summed E-state index contributed by atoms with van der Waals surface area (Å²) >= 11 is 0. The molecule has 0 saturated carbocycles. The van der Waals surface area contributed by atoms with Crippen molar-refractivity contribution in [1.82, 2.24) is 0 Å². The van der Waals surface area contributed by atoms with Gasteiger partial charge in [0.25, 0.3) is 20.2 Å². The Morgan fingerprint density at radius 3 is 1.25 bits per heavy atom. The van der Waals surface area contributed by atoms with Gasteiger partial charge < -0.3 is 18.9 Å². The number of benzene rings is 2. The molecule has 1 fully saturated rings. The zero-order chi connectivity index (χ0) is 26.8. The summed E-state index contributed by atoms with van der Waals surface area (Å²) in [5, 5.41) is 0. The first-order valence-electron chi connectivity index (χ1n) is 11.1. The molecule has 0 aliphatic carbocycles. The van der Waals surface area contributed by atoms with Crippen LogP contribution in [0.15, 0.2) is 58.3 Å². The summed E-state index contributed by atoms with van der Waals surface area (Å²) in [7, 11) is -5.52. The van der Waals surface area contributed by atoms with Crippen LogP contribution in [-0.2, 0) is 47.5 Å². The van der Waals surface area contributed by atoms with E-state index in [1.165, 1.54) is 38.5 Å². The molecule has 4 atom stereocenters. The van der Waals surface area contributed by atoms with Crippen LogP contribution in [0.2, 0.25) is 0 Å². The molecular formula is C24H32O10S2. The van der Waals surface area contributed by atoms with E-state index in [-0.39, 0.29) is 9.79 Å².